The largest absolute Gasteiger partial charge is 0.512 e. The summed E-state index contributed by atoms with van der Waals surface area (Å²) in [6.45, 7) is 19.0. The number of carbonyl (C=O) groups is 1. The topological polar surface area (TPSA) is 105 Å². The highest BCUT2D eigenvalue weighted by Gasteiger charge is 2.16. The van der Waals surface area contributed by atoms with Crippen LogP contribution in [0, 0.1) is 23.2 Å². The molecule has 0 unspecified atom stereocenters. The van der Waals surface area contributed by atoms with Crippen LogP contribution in [0.4, 0.5) is 0 Å². The van der Waals surface area contributed by atoms with Crippen molar-refractivity contribution in [1.82, 2.24) is 0 Å². The Morgan fingerprint density at radius 2 is 1.50 bits per heavy atom. The van der Waals surface area contributed by atoms with Gasteiger partial charge in [0.2, 0.25) is 0 Å². The lowest BCUT2D eigenvalue weighted by Crippen LogP contribution is -2.47. The average molecular weight is 285 g/mol. The molecule has 0 saturated heterocycles. The minimum absolute atomic E-state index is 0.119. The van der Waals surface area contributed by atoms with E-state index in [1.165, 1.54) is 30.7 Å². The van der Waals surface area contributed by atoms with Crippen LogP contribution in [0.2, 0.25) is 0 Å². The zero-order chi connectivity index (χ0) is 16.6. The molecule has 116 valence electrons. The van der Waals surface area contributed by atoms with E-state index in [1.54, 1.807) is 6.07 Å². The Labute approximate surface area is 122 Å². The third-order valence-electron chi connectivity index (χ3n) is 3.42. The Kier molecular flexibility index (Phi) is 18.1. The van der Waals surface area contributed by atoms with Gasteiger partial charge < -0.3 is 26.5 Å². The highest BCUT2D eigenvalue weighted by Crippen LogP contribution is 2.03. The molecule has 1 atom stereocenters. The van der Waals surface area contributed by atoms with Gasteiger partial charge in [-0.1, -0.05) is 0 Å². The van der Waals surface area contributed by atoms with E-state index in [0.29, 0.717) is 0 Å². The van der Waals surface area contributed by atoms with Crippen molar-refractivity contribution in [1.29, 1.82) is 10.5 Å². The Morgan fingerprint density at radius 3 is 1.65 bits per heavy atom. The average Bonchev–Trinajstić information content (AvgIpc) is 2.44. The molecule has 0 heterocycles. The molecule has 0 aromatic rings. The first-order chi connectivity index (χ1) is 9.41. The molecule has 6 nitrogen and oxygen atoms in total. The first kappa shape index (κ1) is 23.5. The normalized spacial score (nSPS) is 10.9. The van der Waals surface area contributed by atoms with E-state index in [4.69, 9.17) is 27.3 Å². The molecular formula is C14H27N3O3. The first-order valence-corrected chi connectivity index (χ1v) is 6.75. The van der Waals surface area contributed by atoms with Crippen LogP contribution < -0.4 is 0 Å². The maximum atomic E-state index is 9.82. The molecule has 0 saturated carbocycles. The van der Waals surface area contributed by atoms with Gasteiger partial charge in [0.1, 0.15) is 0 Å². The zero-order valence-electron chi connectivity index (χ0n) is 13.0. The van der Waals surface area contributed by atoms with Crippen molar-refractivity contribution in [3.8, 4) is 6.07 Å². The van der Waals surface area contributed by atoms with Crippen LogP contribution in [0.1, 0.15) is 40.5 Å². The number of rotatable bonds is 7. The molecule has 0 aliphatic heterocycles. The van der Waals surface area contributed by atoms with Gasteiger partial charge in [-0.15, -0.1) is 0 Å². The molecule has 0 aromatic heterocycles. The van der Waals surface area contributed by atoms with E-state index in [9.17, 15) is 4.79 Å². The molecule has 0 radical (unpaired) electrons. The maximum absolute atomic E-state index is 9.82. The molecule has 0 rings (SSSR count). The summed E-state index contributed by atoms with van der Waals surface area (Å²) >= 11 is 0. The second-order valence-electron chi connectivity index (χ2n) is 4.22. The molecule has 20 heavy (non-hydrogen) atoms. The maximum Gasteiger partial charge on any atom is 0.306 e. The Balaban J connectivity index is -0.000000257. The lowest BCUT2D eigenvalue weighted by atomic mass is 10.2. The fourth-order valence-electron chi connectivity index (χ4n) is 1.72. The monoisotopic (exact) mass is 285 g/mol. The molecule has 0 aliphatic carbocycles. The van der Waals surface area contributed by atoms with E-state index >= 15 is 0 Å². The van der Waals surface area contributed by atoms with Crippen LogP contribution in [0.3, 0.4) is 0 Å². The summed E-state index contributed by atoms with van der Waals surface area (Å²) in [5, 5.41) is 30.9. The Morgan fingerprint density at radius 1 is 1.15 bits per heavy atom. The van der Waals surface area contributed by atoms with Gasteiger partial charge in [-0.2, -0.15) is 5.26 Å². The summed E-state index contributed by atoms with van der Waals surface area (Å²) in [5.41, 5.74) is 0. The number of aliphatic hydroxyl groups excluding tert-OH is 1. The van der Waals surface area contributed by atoms with Gasteiger partial charge in [0.05, 0.1) is 51.2 Å². The van der Waals surface area contributed by atoms with Crippen LogP contribution in [-0.2, 0) is 4.79 Å². The molecule has 0 aromatic carbocycles. The molecule has 0 bridgehead atoms. The number of hydrogen-bond donors (Lipinski definition) is 2. The minimum Gasteiger partial charge on any atom is -0.512 e. The number of carboxylic acids is 1. The van der Waals surface area contributed by atoms with Crippen LogP contribution in [0.5, 0.6) is 0 Å². The van der Waals surface area contributed by atoms with Gasteiger partial charge in [0.25, 0.3) is 0 Å². The lowest BCUT2D eigenvalue weighted by molar-refractivity contribution is -0.921. The molecule has 0 spiro atoms. The Hall–Kier alpha value is -1.63. The zero-order valence-corrected chi connectivity index (χ0v) is 13.0. The molecule has 6 heteroatoms. The summed E-state index contributed by atoms with van der Waals surface area (Å²) in [5.74, 6) is -1.09. The summed E-state index contributed by atoms with van der Waals surface area (Å²) in [7, 11) is 0. The van der Waals surface area contributed by atoms with Crippen molar-refractivity contribution in [3.63, 3.8) is 0 Å². The summed E-state index contributed by atoms with van der Waals surface area (Å²) in [6, 6.07) is 1.66. The third-order valence-corrected chi connectivity index (χ3v) is 3.42. The fraction of sp³-hybridized carbons (Fsp3) is 0.786. The Bertz CT molecular complexity index is 276. The standard InChI is InChI=1S/C8H20N.C5H7NO3.CN/c1-5-9(6-2,7-3)8-4;6-2-1-4(7)3-5(8)9;1-2/h5-8H2,1-4H3;4,7H,1,3H2,(H,8,9);/q+1;;-1/t;4-;/m.1./s1. The van der Waals surface area contributed by atoms with Gasteiger partial charge in [-0.25, -0.2) is 0 Å². The number of carboxylic acid groups (broad SMARTS) is 1. The van der Waals surface area contributed by atoms with Gasteiger partial charge in [0.15, 0.2) is 0 Å². The third kappa shape index (κ3) is 12.8. The predicted molar refractivity (Wildman–Crippen MR) is 75.9 cm³/mol. The predicted octanol–water partition coefficient (Wildman–Crippen LogP) is 1.71. The smallest absolute Gasteiger partial charge is 0.306 e. The van der Waals surface area contributed by atoms with Crippen molar-refractivity contribution in [2.75, 3.05) is 26.2 Å². The second kappa shape index (κ2) is 15.4. The molecule has 2 N–H and O–H groups in total. The molecule has 0 fully saturated rings. The van der Waals surface area contributed by atoms with Crippen molar-refractivity contribution < 1.29 is 19.5 Å². The summed E-state index contributed by atoms with van der Waals surface area (Å²) in [4.78, 5) is 9.82. The lowest BCUT2D eigenvalue weighted by Gasteiger charge is -2.34. The van der Waals surface area contributed by atoms with Gasteiger partial charge in [-0.3, -0.25) is 4.79 Å². The number of quaternary nitrogens is 1. The number of nitrogens with zero attached hydrogens (tertiary/aromatic N) is 3. The van der Waals surface area contributed by atoms with Crippen molar-refractivity contribution in [3.05, 3.63) is 6.57 Å². The van der Waals surface area contributed by atoms with Crippen LogP contribution in [0.25, 0.3) is 0 Å². The molecular weight excluding hydrogens is 258 g/mol. The van der Waals surface area contributed by atoms with Crippen LogP contribution in [-0.4, -0.2) is 52.9 Å². The van der Waals surface area contributed by atoms with E-state index in [-0.39, 0.29) is 12.8 Å². The first-order valence-electron chi connectivity index (χ1n) is 6.75. The van der Waals surface area contributed by atoms with Crippen molar-refractivity contribution >= 4 is 5.97 Å². The van der Waals surface area contributed by atoms with Gasteiger partial charge >= 0.3 is 5.97 Å². The summed E-state index contributed by atoms with van der Waals surface area (Å²) < 4.78 is 1.28. The van der Waals surface area contributed by atoms with Gasteiger partial charge in [-0.05, 0) is 27.7 Å². The number of aliphatic carboxylic acids is 1. The van der Waals surface area contributed by atoms with E-state index < -0.39 is 12.1 Å². The number of hydrogen-bond acceptors (Lipinski definition) is 4. The summed E-state index contributed by atoms with van der Waals surface area (Å²) in [6.07, 6.45) is -1.49. The molecule has 0 amide bonds. The number of nitriles is 1. The second-order valence-corrected chi connectivity index (χ2v) is 4.22. The minimum atomic E-state index is -1.09. The van der Waals surface area contributed by atoms with Crippen LogP contribution in [0.15, 0.2) is 0 Å². The fourth-order valence-corrected chi connectivity index (χ4v) is 1.72. The highest BCUT2D eigenvalue weighted by molar-refractivity contribution is 5.67. The van der Waals surface area contributed by atoms with E-state index in [1.807, 2.05) is 0 Å². The number of aliphatic hydroxyl groups is 1. The van der Waals surface area contributed by atoms with E-state index in [0.717, 1.165) is 0 Å². The van der Waals surface area contributed by atoms with Crippen molar-refractivity contribution in [2.24, 2.45) is 0 Å². The van der Waals surface area contributed by atoms with Crippen LogP contribution >= 0.6 is 0 Å². The SMILES string of the molecule is CC[N+](CC)(CC)CC.N#CC[C@@H](O)CC(=O)O.[C-]#N. The van der Waals surface area contributed by atoms with Crippen molar-refractivity contribution in [2.45, 2.75) is 46.6 Å². The molecule has 0 aliphatic rings. The van der Waals surface area contributed by atoms with E-state index in [2.05, 4.69) is 27.7 Å². The van der Waals surface area contributed by atoms with Gasteiger partial charge in [0, 0.05) is 0 Å². The quantitative estimate of drug-likeness (QED) is 0.547. The highest BCUT2D eigenvalue weighted by atomic mass is 16.4.